The molecule has 32 heavy (non-hydrogen) atoms. The number of hydrogen-bond acceptors (Lipinski definition) is 0. The maximum atomic E-state index is 4.49. The highest BCUT2D eigenvalue weighted by atomic mass is 14.3. The van der Waals surface area contributed by atoms with E-state index in [-0.39, 0.29) is 10.8 Å². The Bertz CT molecular complexity index is 914. The van der Waals surface area contributed by atoms with Gasteiger partial charge in [0.2, 0.25) is 0 Å². The summed E-state index contributed by atoms with van der Waals surface area (Å²) in [7, 11) is 0. The fraction of sp³-hybridized carbons (Fsp3) is 0.500. The molecule has 0 aliphatic rings. The quantitative estimate of drug-likeness (QED) is 0.329. The SMILES string of the molecule is C=C(CCC(=CCC)c1ccc(C(C)(C)C)cc1)CC(C)(C)c1ccc(CCC)cc1C. The standard InChI is InChI=1S/C32H46/c1-10-12-26-15-21-30(25(4)22-26)32(8,9)23-24(3)14-16-27(13-11-2)28-17-19-29(20-18-28)31(5,6)7/h13,15,17-22H,3,10-12,14,16,23H2,1-2,4-9H3. The van der Waals surface area contributed by atoms with Crippen molar-refractivity contribution in [1.82, 2.24) is 0 Å². The Hall–Kier alpha value is -2.08. The molecular formula is C32H46. The van der Waals surface area contributed by atoms with Gasteiger partial charge in [0, 0.05) is 0 Å². The van der Waals surface area contributed by atoms with E-state index in [1.807, 2.05) is 0 Å². The minimum Gasteiger partial charge on any atom is -0.0998 e. The van der Waals surface area contributed by atoms with Gasteiger partial charge in [0.25, 0.3) is 0 Å². The predicted molar refractivity (Wildman–Crippen MR) is 145 cm³/mol. The Morgan fingerprint density at radius 1 is 0.906 bits per heavy atom. The van der Waals surface area contributed by atoms with Gasteiger partial charge >= 0.3 is 0 Å². The Morgan fingerprint density at radius 3 is 2.09 bits per heavy atom. The van der Waals surface area contributed by atoms with Gasteiger partial charge in [0.1, 0.15) is 0 Å². The van der Waals surface area contributed by atoms with Gasteiger partial charge < -0.3 is 0 Å². The van der Waals surface area contributed by atoms with Gasteiger partial charge in [0.15, 0.2) is 0 Å². The fourth-order valence-electron chi connectivity index (χ4n) is 4.84. The van der Waals surface area contributed by atoms with Crippen LogP contribution in [0.3, 0.4) is 0 Å². The van der Waals surface area contributed by atoms with E-state index in [1.165, 1.54) is 45.4 Å². The molecule has 0 N–H and O–H groups in total. The first-order valence-electron chi connectivity index (χ1n) is 12.5. The third kappa shape index (κ3) is 7.22. The molecule has 0 bridgehead atoms. The van der Waals surface area contributed by atoms with Crippen LogP contribution in [0, 0.1) is 6.92 Å². The lowest BCUT2D eigenvalue weighted by Crippen LogP contribution is -2.19. The molecule has 174 valence electrons. The molecule has 0 saturated heterocycles. The van der Waals surface area contributed by atoms with E-state index in [0.29, 0.717) is 0 Å². The van der Waals surface area contributed by atoms with Crippen molar-refractivity contribution in [1.29, 1.82) is 0 Å². The van der Waals surface area contributed by atoms with Gasteiger partial charge in [-0.3, -0.25) is 0 Å². The van der Waals surface area contributed by atoms with Crippen LogP contribution in [0.25, 0.3) is 5.57 Å². The van der Waals surface area contributed by atoms with Crippen LogP contribution in [-0.4, -0.2) is 0 Å². The lowest BCUT2D eigenvalue weighted by atomic mass is 9.76. The zero-order valence-corrected chi connectivity index (χ0v) is 22.1. The highest BCUT2D eigenvalue weighted by Crippen LogP contribution is 2.35. The summed E-state index contributed by atoms with van der Waals surface area (Å²) in [5, 5.41) is 0. The maximum Gasteiger partial charge on any atom is -0.00639 e. The van der Waals surface area contributed by atoms with E-state index in [4.69, 9.17) is 0 Å². The van der Waals surface area contributed by atoms with Crippen molar-refractivity contribution in [3.8, 4) is 0 Å². The molecule has 0 saturated carbocycles. The lowest BCUT2D eigenvalue weighted by Gasteiger charge is -2.29. The van der Waals surface area contributed by atoms with E-state index in [2.05, 4.69) is 111 Å². The van der Waals surface area contributed by atoms with Gasteiger partial charge in [-0.15, -0.1) is 0 Å². The van der Waals surface area contributed by atoms with Gasteiger partial charge in [-0.05, 0) is 83.2 Å². The van der Waals surface area contributed by atoms with E-state index >= 15 is 0 Å². The van der Waals surface area contributed by atoms with Crippen LogP contribution in [-0.2, 0) is 17.3 Å². The molecule has 0 aliphatic carbocycles. The number of allylic oxidation sites excluding steroid dienone is 3. The molecule has 0 heteroatoms. The molecule has 0 radical (unpaired) electrons. The van der Waals surface area contributed by atoms with Crippen molar-refractivity contribution in [3.63, 3.8) is 0 Å². The third-order valence-corrected chi connectivity index (χ3v) is 6.57. The summed E-state index contributed by atoms with van der Waals surface area (Å²) in [6.07, 6.45) is 8.96. The summed E-state index contributed by atoms with van der Waals surface area (Å²) in [4.78, 5) is 0. The minimum atomic E-state index is 0.106. The van der Waals surface area contributed by atoms with Gasteiger partial charge in [-0.25, -0.2) is 0 Å². The molecule has 0 aromatic heterocycles. The molecule has 0 atom stereocenters. The smallest absolute Gasteiger partial charge is 0.00639 e. The Balaban J connectivity index is 2.07. The van der Waals surface area contributed by atoms with Crippen molar-refractivity contribution in [2.24, 2.45) is 0 Å². The minimum absolute atomic E-state index is 0.106. The topological polar surface area (TPSA) is 0 Å². The zero-order chi connectivity index (χ0) is 23.9. The van der Waals surface area contributed by atoms with Crippen molar-refractivity contribution in [2.45, 2.75) is 105 Å². The second kappa shape index (κ2) is 11.2. The predicted octanol–water partition coefficient (Wildman–Crippen LogP) is 9.74. The first-order valence-corrected chi connectivity index (χ1v) is 12.5. The number of aryl methyl sites for hydroxylation is 2. The number of hydrogen-bond donors (Lipinski definition) is 0. The summed E-state index contributed by atoms with van der Waals surface area (Å²) in [6, 6.07) is 16.2. The van der Waals surface area contributed by atoms with Gasteiger partial charge in [-0.2, -0.15) is 0 Å². The fourth-order valence-corrected chi connectivity index (χ4v) is 4.84. The van der Waals surface area contributed by atoms with E-state index in [1.54, 1.807) is 0 Å². The average molecular weight is 431 g/mol. The maximum absolute atomic E-state index is 4.49. The van der Waals surface area contributed by atoms with Gasteiger partial charge in [0.05, 0.1) is 0 Å². The molecule has 0 aliphatic heterocycles. The number of benzene rings is 2. The van der Waals surface area contributed by atoms with Crippen LogP contribution in [0.15, 0.2) is 60.7 Å². The zero-order valence-electron chi connectivity index (χ0n) is 22.1. The summed E-state index contributed by atoms with van der Waals surface area (Å²) < 4.78 is 0. The number of rotatable bonds is 10. The summed E-state index contributed by atoms with van der Waals surface area (Å²) in [5.74, 6) is 0. The van der Waals surface area contributed by atoms with Crippen molar-refractivity contribution >= 4 is 5.57 Å². The second-order valence-corrected chi connectivity index (χ2v) is 11.2. The monoisotopic (exact) mass is 430 g/mol. The highest BCUT2D eigenvalue weighted by Gasteiger charge is 2.23. The van der Waals surface area contributed by atoms with Crippen molar-refractivity contribution in [2.75, 3.05) is 0 Å². The summed E-state index contributed by atoms with van der Waals surface area (Å²) >= 11 is 0. The molecule has 0 amide bonds. The third-order valence-electron chi connectivity index (χ3n) is 6.57. The highest BCUT2D eigenvalue weighted by molar-refractivity contribution is 5.66. The van der Waals surface area contributed by atoms with Crippen LogP contribution in [0.1, 0.15) is 108 Å². The molecule has 2 aromatic rings. The lowest BCUT2D eigenvalue weighted by molar-refractivity contribution is 0.509. The summed E-state index contributed by atoms with van der Waals surface area (Å²) in [5.41, 5.74) is 10.2. The first-order chi connectivity index (χ1) is 15.0. The van der Waals surface area contributed by atoms with Crippen LogP contribution in [0.5, 0.6) is 0 Å². The van der Waals surface area contributed by atoms with Crippen LogP contribution < -0.4 is 0 Å². The van der Waals surface area contributed by atoms with Crippen LogP contribution >= 0.6 is 0 Å². The molecule has 2 rings (SSSR count). The average Bonchev–Trinajstić information content (AvgIpc) is 2.70. The van der Waals surface area contributed by atoms with E-state index in [9.17, 15) is 0 Å². The Labute approximate surface area is 198 Å². The van der Waals surface area contributed by atoms with E-state index in [0.717, 1.165) is 32.1 Å². The second-order valence-electron chi connectivity index (χ2n) is 11.2. The Kier molecular flexibility index (Phi) is 9.14. The Morgan fingerprint density at radius 2 is 1.56 bits per heavy atom. The van der Waals surface area contributed by atoms with Crippen LogP contribution in [0.2, 0.25) is 0 Å². The largest absolute Gasteiger partial charge is 0.0998 e. The molecule has 0 unspecified atom stereocenters. The summed E-state index contributed by atoms with van der Waals surface area (Å²) in [6.45, 7) is 22.8. The molecule has 0 spiro atoms. The van der Waals surface area contributed by atoms with Crippen LogP contribution in [0.4, 0.5) is 0 Å². The molecule has 0 heterocycles. The normalized spacial score (nSPS) is 12.8. The molecular weight excluding hydrogens is 384 g/mol. The first kappa shape index (κ1) is 26.2. The van der Waals surface area contributed by atoms with Crippen molar-refractivity contribution in [3.05, 3.63) is 88.5 Å². The van der Waals surface area contributed by atoms with Gasteiger partial charge in [-0.1, -0.05) is 116 Å². The molecule has 2 aromatic carbocycles. The molecule has 0 nitrogen and oxygen atoms in total. The van der Waals surface area contributed by atoms with Crippen molar-refractivity contribution < 1.29 is 0 Å². The van der Waals surface area contributed by atoms with E-state index < -0.39 is 0 Å². The molecule has 0 fully saturated rings.